The Hall–Kier alpha value is -1.80. The van der Waals surface area contributed by atoms with Gasteiger partial charge in [0.2, 0.25) is 0 Å². The highest BCUT2D eigenvalue weighted by molar-refractivity contribution is 5.65. The lowest BCUT2D eigenvalue weighted by molar-refractivity contribution is 0.350. The number of aryl methyl sites for hydroxylation is 1. The van der Waals surface area contributed by atoms with Crippen molar-refractivity contribution in [1.29, 1.82) is 0 Å². The molecule has 2 heteroatoms. The molecule has 0 bridgehead atoms. The summed E-state index contributed by atoms with van der Waals surface area (Å²) in [6.07, 6.45) is 1.11. The third-order valence-corrected chi connectivity index (χ3v) is 4.77. The summed E-state index contributed by atoms with van der Waals surface area (Å²) >= 11 is 0. The topological polar surface area (TPSA) is 15.3 Å². The fraction of sp³-hybridized carbons (Fsp3) is 0.333. The van der Waals surface area contributed by atoms with Crippen LogP contribution in [0.1, 0.15) is 16.7 Å². The fourth-order valence-corrected chi connectivity index (χ4v) is 3.85. The lowest BCUT2D eigenvalue weighted by Crippen LogP contribution is -2.57. The minimum Gasteiger partial charge on any atom is -0.359 e. The second-order valence-corrected chi connectivity index (χ2v) is 6.03. The molecular formula is C18H20N2. The van der Waals surface area contributed by atoms with Crippen molar-refractivity contribution in [3.63, 3.8) is 0 Å². The van der Waals surface area contributed by atoms with E-state index in [1.807, 2.05) is 0 Å². The molecule has 1 saturated heterocycles. The molecule has 0 unspecified atom stereocenters. The lowest BCUT2D eigenvalue weighted by atomic mass is 9.84. The number of rotatable bonds is 1. The molecule has 2 aromatic carbocycles. The predicted molar refractivity (Wildman–Crippen MR) is 83.2 cm³/mol. The molecule has 1 N–H and O–H groups in total. The highest BCUT2D eigenvalue weighted by Crippen LogP contribution is 2.45. The summed E-state index contributed by atoms with van der Waals surface area (Å²) < 4.78 is 0. The number of nitrogens with one attached hydrogen (secondary N) is 1. The van der Waals surface area contributed by atoms with Crippen LogP contribution in [0.25, 0.3) is 0 Å². The van der Waals surface area contributed by atoms with Crippen molar-refractivity contribution in [2.45, 2.75) is 18.9 Å². The first-order valence-corrected chi connectivity index (χ1v) is 7.43. The summed E-state index contributed by atoms with van der Waals surface area (Å²) in [5.74, 6) is 0. The quantitative estimate of drug-likeness (QED) is 0.852. The van der Waals surface area contributed by atoms with Gasteiger partial charge in [0.25, 0.3) is 0 Å². The molecule has 0 aliphatic carbocycles. The van der Waals surface area contributed by atoms with Crippen LogP contribution >= 0.6 is 0 Å². The van der Waals surface area contributed by atoms with Gasteiger partial charge in [-0.15, -0.1) is 0 Å². The molecule has 0 radical (unpaired) electrons. The van der Waals surface area contributed by atoms with Crippen LogP contribution in [-0.4, -0.2) is 19.6 Å². The zero-order chi connectivity index (χ0) is 13.6. The molecule has 0 amide bonds. The van der Waals surface area contributed by atoms with Crippen LogP contribution in [0, 0.1) is 6.92 Å². The third-order valence-electron chi connectivity index (χ3n) is 4.77. The molecule has 2 nitrogen and oxygen atoms in total. The highest BCUT2D eigenvalue weighted by Gasteiger charge is 2.46. The average molecular weight is 264 g/mol. The van der Waals surface area contributed by atoms with E-state index >= 15 is 0 Å². The number of fused-ring (bicyclic) bond motifs is 3. The summed E-state index contributed by atoms with van der Waals surface area (Å²) in [5.41, 5.74) is 5.83. The molecule has 2 aliphatic heterocycles. The van der Waals surface area contributed by atoms with E-state index in [0.717, 1.165) is 26.1 Å². The van der Waals surface area contributed by atoms with Gasteiger partial charge in [0.1, 0.15) is 0 Å². The second kappa shape index (κ2) is 4.35. The highest BCUT2D eigenvalue weighted by atomic mass is 15.3. The van der Waals surface area contributed by atoms with Gasteiger partial charge in [-0.3, -0.25) is 0 Å². The zero-order valence-electron chi connectivity index (χ0n) is 11.9. The van der Waals surface area contributed by atoms with Gasteiger partial charge >= 0.3 is 0 Å². The molecule has 2 aromatic rings. The number of nitrogens with zero attached hydrogens (tertiary/aromatic N) is 1. The molecule has 2 heterocycles. The summed E-state index contributed by atoms with van der Waals surface area (Å²) in [6.45, 7) is 5.38. The van der Waals surface area contributed by atoms with Gasteiger partial charge in [-0.2, -0.15) is 0 Å². The van der Waals surface area contributed by atoms with Crippen LogP contribution in [0.3, 0.4) is 0 Å². The van der Waals surface area contributed by atoms with Gasteiger partial charge in [0, 0.05) is 31.7 Å². The van der Waals surface area contributed by atoms with Gasteiger partial charge < -0.3 is 10.2 Å². The zero-order valence-corrected chi connectivity index (χ0v) is 11.9. The summed E-state index contributed by atoms with van der Waals surface area (Å²) in [7, 11) is 0. The van der Waals surface area contributed by atoms with Crippen molar-refractivity contribution in [1.82, 2.24) is 5.32 Å². The van der Waals surface area contributed by atoms with Crippen LogP contribution in [0.2, 0.25) is 0 Å². The predicted octanol–water partition coefficient (Wildman–Crippen LogP) is 2.86. The largest absolute Gasteiger partial charge is 0.359 e. The van der Waals surface area contributed by atoms with E-state index in [1.165, 1.54) is 22.4 Å². The van der Waals surface area contributed by atoms with Crippen molar-refractivity contribution >= 4 is 5.69 Å². The van der Waals surface area contributed by atoms with Crippen LogP contribution in [0.5, 0.6) is 0 Å². The van der Waals surface area contributed by atoms with Gasteiger partial charge in [0.05, 0.1) is 5.54 Å². The summed E-state index contributed by atoms with van der Waals surface area (Å²) in [6, 6.07) is 17.9. The van der Waals surface area contributed by atoms with E-state index in [2.05, 4.69) is 65.7 Å². The van der Waals surface area contributed by atoms with Gasteiger partial charge in [-0.25, -0.2) is 0 Å². The maximum absolute atomic E-state index is 3.60. The van der Waals surface area contributed by atoms with Crippen molar-refractivity contribution < 1.29 is 0 Å². The standard InChI is InChI=1S/C18H20N2/c1-14-7-8-17-15(11-14)12-18(13-19-9-10-20(17)18)16-5-3-2-4-6-16/h2-8,11,19H,9-10,12-13H2,1H3/t18-/m1/s1. The van der Waals surface area contributed by atoms with Gasteiger partial charge in [-0.1, -0.05) is 48.0 Å². The van der Waals surface area contributed by atoms with Crippen molar-refractivity contribution in [3.8, 4) is 0 Å². The lowest BCUT2D eigenvalue weighted by Gasteiger charge is -2.45. The molecule has 0 saturated carbocycles. The number of anilines is 1. The molecule has 0 aromatic heterocycles. The van der Waals surface area contributed by atoms with Crippen molar-refractivity contribution in [2.24, 2.45) is 0 Å². The van der Waals surface area contributed by atoms with E-state index < -0.39 is 0 Å². The van der Waals surface area contributed by atoms with Crippen LogP contribution in [0.15, 0.2) is 48.5 Å². The Morgan fingerprint density at radius 1 is 1.10 bits per heavy atom. The van der Waals surface area contributed by atoms with Crippen molar-refractivity contribution in [2.75, 3.05) is 24.5 Å². The Balaban J connectivity index is 1.87. The smallest absolute Gasteiger partial charge is 0.0819 e. The Labute approximate surface area is 120 Å². The van der Waals surface area contributed by atoms with Gasteiger partial charge in [0.15, 0.2) is 0 Å². The van der Waals surface area contributed by atoms with E-state index in [1.54, 1.807) is 0 Å². The molecular weight excluding hydrogens is 244 g/mol. The number of piperazine rings is 1. The van der Waals surface area contributed by atoms with E-state index in [-0.39, 0.29) is 5.54 Å². The van der Waals surface area contributed by atoms with Crippen LogP contribution in [0.4, 0.5) is 5.69 Å². The van der Waals surface area contributed by atoms with E-state index in [9.17, 15) is 0 Å². The Kier molecular flexibility index (Phi) is 2.61. The normalized spacial score (nSPS) is 24.4. The average Bonchev–Trinajstić information content (AvgIpc) is 2.82. The Bertz CT molecular complexity index is 635. The number of hydrogen-bond donors (Lipinski definition) is 1. The molecule has 1 atom stereocenters. The molecule has 4 rings (SSSR count). The summed E-state index contributed by atoms with van der Waals surface area (Å²) in [4.78, 5) is 2.62. The molecule has 102 valence electrons. The molecule has 1 fully saturated rings. The van der Waals surface area contributed by atoms with Crippen LogP contribution < -0.4 is 10.2 Å². The Morgan fingerprint density at radius 3 is 2.80 bits per heavy atom. The maximum atomic E-state index is 3.60. The number of hydrogen-bond acceptors (Lipinski definition) is 2. The minimum absolute atomic E-state index is 0.107. The van der Waals surface area contributed by atoms with Crippen LogP contribution in [-0.2, 0) is 12.0 Å². The third kappa shape index (κ3) is 1.61. The first-order valence-electron chi connectivity index (χ1n) is 7.43. The first kappa shape index (κ1) is 12.0. The summed E-state index contributed by atoms with van der Waals surface area (Å²) in [5, 5.41) is 3.60. The fourth-order valence-electron chi connectivity index (χ4n) is 3.85. The number of benzene rings is 2. The first-order chi connectivity index (χ1) is 9.79. The van der Waals surface area contributed by atoms with E-state index in [0.29, 0.717) is 0 Å². The monoisotopic (exact) mass is 264 g/mol. The SMILES string of the molecule is Cc1ccc2c(c1)C[C@]1(c3ccccc3)CNCCN21. The molecule has 2 aliphatic rings. The molecule has 0 spiro atoms. The van der Waals surface area contributed by atoms with E-state index in [4.69, 9.17) is 0 Å². The maximum Gasteiger partial charge on any atom is 0.0819 e. The molecule has 20 heavy (non-hydrogen) atoms. The second-order valence-electron chi connectivity index (χ2n) is 6.03. The minimum atomic E-state index is 0.107. The Morgan fingerprint density at radius 2 is 1.95 bits per heavy atom. The van der Waals surface area contributed by atoms with Gasteiger partial charge in [-0.05, 0) is 24.1 Å². The van der Waals surface area contributed by atoms with Crippen molar-refractivity contribution in [3.05, 3.63) is 65.2 Å².